The third-order valence-corrected chi connectivity index (χ3v) is 9.12. The number of hydrogen-bond acceptors (Lipinski definition) is 5. The van der Waals surface area contributed by atoms with Crippen LogP contribution in [0.5, 0.6) is 5.75 Å². The van der Waals surface area contributed by atoms with Crippen molar-refractivity contribution < 1.29 is 22.7 Å². The van der Waals surface area contributed by atoms with Crippen molar-refractivity contribution in [2.75, 3.05) is 24.0 Å². The highest BCUT2D eigenvalue weighted by Gasteiger charge is 2.33. The largest absolute Gasteiger partial charge is 0.494 e. The van der Waals surface area contributed by atoms with Crippen LogP contribution in [0, 0.1) is 6.92 Å². The fourth-order valence-electron chi connectivity index (χ4n) is 4.36. The zero-order valence-electron chi connectivity index (χ0n) is 24.3. The minimum absolute atomic E-state index is 0.0233. The number of hydrogen-bond donors (Lipinski definition) is 1. The molecule has 3 aromatic rings. The highest BCUT2D eigenvalue weighted by atomic mass is 35.5. The fourth-order valence-corrected chi connectivity index (χ4v) is 6.10. The Morgan fingerprint density at radius 3 is 2.17 bits per heavy atom. The zero-order chi connectivity index (χ0) is 30.9. The van der Waals surface area contributed by atoms with E-state index >= 15 is 0 Å². The highest BCUT2D eigenvalue weighted by molar-refractivity contribution is 7.92. The van der Waals surface area contributed by atoms with E-state index in [4.69, 9.17) is 27.9 Å². The second-order valence-electron chi connectivity index (χ2n) is 9.74. The van der Waals surface area contributed by atoms with Crippen molar-refractivity contribution in [2.24, 2.45) is 0 Å². The number of halogens is 2. The van der Waals surface area contributed by atoms with Crippen LogP contribution in [0.2, 0.25) is 10.0 Å². The lowest BCUT2D eigenvalue weighted by Gasteiger charge is -2.33. The summed E-state index contributed by atoms with van der Waals surface area (Å²) in [6, 6.07) is 17.1. The molecule has 0 fully saturated rings. The molecule has 0 aromatic heterocycles. The smallest absolute Gasteiger partial charge is 0.264 e. The van der Waals surface area contributed by atoms with Crippen molar-refractivity contribution in [1.82, 2.24) is 10.2 Å². The highest BCUT2D eigenvalue weighted by Crippen LogP contribution is 2.28. The molecule has 0 aliphatic heterocycles. The minimum atomic E-state index is -4.17. The van der Waals surface area contributed by atoms with Crippen molar-refractivity contribution in [2.45, 2.75) is 58.0 Å². The minimum Gasteiger partial charge on any atom is -0.494 e. The van der Waals surface area contributed by atoms with E-state index in [1.807, 2.05) is 20.8 Å². The average Bonchev–Trinajstić information content (AvgIpc) is 2.97. The maximum atomic E-state index is 14.1. The van der Waals surface area contributed by atoms with Crippen LogP contribution in [0.25, 0.3) is 0 Å². The number of benzene rings is 3. The van der Waals surface area contributed by atoms with Gasteiger partial charge in [0.05, 0.1) is 27.2 Å². The molecule has 0 heterocycles. The standard InChI is InChI=1S/C31H37Cl2N3O5S/c1-5-18-34-31(38)29(6-2)35(20-23-10-17-27(32)28(33)19-23)30(37)21-36(24-11-13-25(14-12-24)41-7-3)42(39,40)26-15-8-22(4)9-16-26/h8-17,19,29H,5-7,18,20-21H2,1-4H3,(H,34,38)/t29-/m0/s1. The van der Waals surface area contributed by atoms with Gasteiger partial charge >= 0.3 is 0 Å². The first-order valence-corrected chi connectivity index (χ1v) is 16.0. The molecule has 1 atom stereocenters. The van der Waals surface area contributed by atoms with Gasteiger partial charge < -0.3 is 15.0 Å². The number of carbonyl (C=O) groups excluding carboxylic acids is 2. The van der Waals surface area contributed by atoms with E-state index in [-0.39, 0.29) is 23.0 Å². The van der Waals surface area contributed by atoms with Gasteiger partial charge in [-0.25, -0.2) is 8.42 Å². The third kappa shape index (κ3) is 8.40. The van der Waals surface area contributed by atoms with Gasteiger partial charge in [0, 0.05) is 13.1 Å². The van der Waals surface area contributed by atoms with Gasteiger partial charge in [0.15, 0.2) is 0 Å². The van der Waals surface area contributed by atoms with Crippen molar-refractivity contribution >= 4 is 50.7 Å². The van der Waals surface area contributed by atoms with Crippen molar-refractivity contribution in [3.8, 4) is 5.75 Å². The number of nitrogens with one attached hydrogen (secondary N) is 1. The molecule has 0 saturated carbocycles. The molecule has 0 aliphatic carbocycles. The Bertz CT molecular complexity index is 1460. The number of amides is 2. The van der Waals surface area contributed by atoms with Crippen LogP contribution in [0.3, 0.4) is 0 Å². The summed E-state index contributed by atoms with van der Waals surface area (Å²) in [6.07, 6.45) is 1.04. The van der Waals surface area contributed by atoms with E-state index in [9.17, 15) is 18.0 Å². The summed E-state index contributed by atoms with van der Waals surface area (Å²) in [5.74, 6) is -0.300. The van der Waals surface area contributed by atoms with E-state index < -0.39 is 28.5 Å². The summed E-state index contributed by atoms with van der Waals surface area (Å²) in [7, 11) is -4.17. The lowest BCUT2D eigenvalue weighted by Crippen LogP contribution is -2.52. The monoisotopic (exact) mass is 633 g/mol. The normalized spacial score (nSPS) is 12.0. The van der Waals surface area contributed by atoms with Crippen molar-refractivity contribution in [3.05, 3.63) is 87.9 Å². The Labute approximate surface area is 258 Å². The number of carbonyl (C=O) groups is 2. The lowest BCUT2D eigenvalue weighted by atomic mass is 10.1. The van der Waals surface area contributed by atoms with Crippen molar-refractivity contribution in [1.29, 1.82) is 0 Å². The zero-order valence-corrected chi connectivity index (χ0v) is 26.6. The molecule has 3 aromatic carbocycles. The van der Waals surface area contributed by atoms with E-state index in [0.29, 0.717) is 40.9 Å². The number of rotatable bonds is 14. The molecule has 226 valence electrons. The van der Waals surface area contributed by atoms with Crippen LogP contribution >= 0.6 is 23.2 Å². The van der Waals surface area contributed by atoms with Crippen LogP contribution in [-0.2, 0) is 26.2 Å². The first kappa shape index (κ1) is 33.2. The van der Waals surface area contributed by atoms with Crippen LogP contribution in [0.15, 0.2) is 71.6 Å². The molecule has 0 bridgehead atoms. The van der Waals surface area contributed by atoms with Gasteiger partial charge in [-0.2, -0.15) is 0 Å². The van der Waals surface area contributed by atoms with Crippen LogP contribution < -0.4 is 14.4 Å². The summed E-state index contributed by atoms with van der Waals surface area (Å²) in [6.45, 7) is 7.83. The molecule has 0 radical (unpaired) electrons. The van der Waals surface area contributed by atoms with Gasteiger partial charge in [0.1, 0.15) is 18.3 Å². The van der Waals surface area contributed by atoms with E-state index in [2.05, 4.69) is 5.32 Å². The second-order valence-corrected chi connectivity index (χ2v) is 12.4. The molecular weight excluding hydrogens is 597 g/mol. The molecule has 11 heteroatoms. The van der Waals surface area contributed by atoms with Crippen LogP contribution in [-0.4, -0.2) is 50.9 Å². The lowest BCUT2D eigenvalue weighted by molar-refractivity contribution is -0.140. The average molecular weight is 635 g/mol. The predicted molar refractivity (Wildman–Crippen MR) is 168 cm³/mol. The Balaban J connectivity index is 2.06. The molecular formula is C31H37Cl2N3O5S. The molecule has 3 rings (SSSR count). The Hall–Kier alpha value is -3.27. The first-order chi connectivity index (χ1) is 20.0. The number of anilines is 1. The van der Waals surface area contributed by atoms with Crippen molar-refractivity contribution in [3.63, 3.8) is 0 Å². The summed E-state index contributed by atoms with van der Waals surface area (Å²) in [5.41, 5.74) is 1.83. The van der Waals surface area contributed by atoms with Gasteiger partial charge in [-0.15, -0.1) is 0 Å². The number of sulfonamides is 1. The van der Waals surface area contributed by atoms with Gasteiger partial charge in [-0.05, 0) is 80.8 Å². The molecule has 1 N–H and O–H groups in total. The topological polar surface area (TPSA) is 96.0 Å². The molecule has 0 spiro atoms. The Morgan fingerprint density at radius 2 is 1.60 bits per heavy atom. The van der Waals surface area contributed by atoms with E-state index in [0.717, 1.165) is 16.3 Å². The molecule has 2 amide bonds. The van der Waals surface area contributed by atoms with Gasteiger partial charge in [0.2, 0.25) is 11.8 Å². The quantitative estimate of drug-likeness (QED) is 0.227. The predicted octanol–water partition coefficient (Wildman–Crippen LogP) is 6.23. The number of aryl methyl sites for hydroxylation is 1. The maximum Gasteiger partial charge on any atom is 0.264 e. The van der Waals surface area contributed by atoms with Crippen LogP contribution in [0.1, 0.15) is 44.7 Å². The number of ether oxygens (including phenoxy) is 1. The summed E-state index contributed by atoms with van der Waals surface area (Å²) >= 11 is 12.4. The summed E-state index contributed by atoms with van der Waals surface area (Å²) in [5, 5.41) is 3.53. The maximum absolute atomic E-state index is 14.1. The van der Waals surface area contributed by atoms with E-state index in [1.54, 1.807) is 61.5 Å². The fraction of sp³-hybridized carbons (Fsp3) is 0.355. The molecule has 8 nitrogen and oxygen atoms in total. The molecule has 0 aliphatic rings. The van der Waals surface area contributed by atoms with E-state index in [1.165, 1.54) is 17.0 Å². The second kappa shape index (κ2) is 15.3. The SMILES string of the molecule is CCCNC(=O)[C@H](CC)N(Cc1ccc(Cl)c(Cl)c1)C(=O)CN(c1ccc(OCC)cc1)S(=O)(=O)c1ccc(C)cc1. The Kier molecular flexibility index (Phi) is 12.1. The summed E-state index contributed by atoms with van der Waals surface area (Å²) in [4.78, 5) is 28.8. The van der Waals surface area contributed by atoms with Gasteiger partial charge in [-0.3, -0.25) is 13.9 Å². The molecule has 0 unspecified atom stereocenters. The van der Waals surface area contributed by atoms with Gasteiger partial charge in [0.25, 0.3) is 10.0 Å². The Morgan fingerprint density at radius 1 is 0.929 bits per heavy atom. The summed E-state index contributed by atoms with van der Waals surface area (Å²) < 4.78 is 34.5. The molecule has 0 saturated heterocycles. The number of nitrogens with zero attached hydrogens (tertiary/aromatic N) is 2. The van der Waals surface area contributed by atoms with Gasteiger partial charge in [-0.1, -0.05) is 60.8 Å². The molecule has 42 heavy (non-hydrogen) atoms. The van der Waals surface area contributed by atoms with Crippen LogP contribution in [0.4, 0.5) is 5.69 Å². The third-order valence-electron chi connectivity index (χ3n) is 6.60. The first-order valence-electron chi connectivity index (χ1n) is 13.8.